The molecule has 0 spiro atoms. The maximum absolute atomic E-state index is 11.6. The molecule has 0 radical (unpaired) electrons. The molecule has 5 nitrogen and oxygen atoms in total. The molecule has 5 heteroatoms. The van der Waals surface area contributed by atoms with Gasteiger partial charge in [0.25, 0.3) is 0 Å². The number of carbonyl (C=O) groups excluding carboxylic acids is 2. The van der Waals surface area contributed by atoms with Crippen molar-refractivity contribution in [2.24, 2.45) is 5.41 Å². The third-order valence-corrected chi connectivity index (χ3v) is 2.39. The lowest BCUT2D eigenvalue weighted by atomic mass is 9.93. The number of nitrogens with one attached hydrogen (secondary N) is 2. The second-order valence-corrected chi connectivity index (χ2v) is 5.22. The van der Waals surface area contributed by atoms with Crippen LogP contribution in [-0.4, -0.2) is 37.6 Å². The van der Waals surface area contributed by atoms with Crippen molar-refractivity contribution >= 4 is 11.9 Å². The van der Waals surface area contributed by atoms with E-state index in [1.807, 2.05) is 0 Å². The van der Waals surface area contributed by atoms with Gasteiger partial charge in [0.2, 0.25) is 5.91 Å². The maximum Gasteiger partial charge on any atom is 0.324 e. The van der Waals surface area contributed by atoms with Crippen LogP contribution in [0, 0.1) is 5.41 Å². The van der Waals surface area contributed by atoms with E-state index < -0.39 is 6.04 Å². The first-order valence-electron chi connectivity index (χ1n) is 5.55. The zero-order chi connectivity index (χ0) is 12.2. The number of hydrogen-bond donors (Lipinski definition) is 2. The van der Waals surface area contributed by atoms with Gasteiger partial charge in [-0.25, -0.2) is 0 Å². The van der Waals surface area contributed by atoms with Crippen molar-refractivity contribution < 1.29 is 14.3 Å². The number of ether oxygens (including phenoxy) is 1. The standard InChI is InChI=1S/C11H20N2O3/c1-11(2,3)4-5-16-10(15)8-6-13-9(14)7-12-8/h8,12H,4-7H2,1-3H3,(H,13,14). The quantitative estimate of drug-likeness (QED) is 0.670. The summed E-state index contributed by atoms with van der Waals surface area (Å²) in [5.41, 5.74) is 0.161. The fourth-order valence-corrected chi connectivity index (χ4v) is 1.29. The van der Waals surface area contributed by atoms with Crippen LogP contribution >= 0.6 is 0 Å². The first-order valence-corrected chi connectivity index (χ1v) is 5.55. The molecule has 1 amide bonds. The first kappa shape index (κ1) is 13.0. The molecule has 1 rings (SSSR count). The Labute approximate surface area is 95.9 Å². The van der Waals surface area contributed by atoms with E-state index in [4.69, 9.17) is 4.74 Å². The Morgan fingerprint density at radius 2 is 2.19 bits per heavy atom. The third-order valence-electron chi connectivity index (χ3n) is 2.39. The van der Waals surface area contributed by atoms with Gasteiger partial charge in [-0.2, -0.15) is 0 Å². The Bertz CT molecular complexity index is 261. The van der Waals surface area contributed by atoms with E-state index in [1.54, 1.807) is 0 Å². The Balaban J connectivity index is 2.22. The fourth-order valence-electron chi connectivity index (χ4n) is 1.29. The van der Waals surface area contributed by atoms with Gasteiger partial charge in [-0.1, -0.05) is 20.8 Å². The molecule has 92 valence electrons. The minimum absolute atomic E-state index is 0.0845. The molecule has 0 aliphatic carbocycles. The molecule has 1 saturated heterocycles. The zero-order valence-electron chi connectivity index (χ0n) is 10.1. The molecular formula is C11H20N2O3. The summed E-state index contributed by atoms with van der Waals surface area (Å²) < 4.78 is 5.14. The Hall–Kier alpha value is -1.10. The molecule has 1 unspecified atom stereocenters. The van der Waals surface area contributed by atoms with Gasteiger partial charge in [-0.15, -0.1) is 0 Å². The second-order valence-electron chi connectivity index (χ2n) is 5.22. The van der Waals surface area contributed by atoms with E-state index in [1.165, 1.54) is 0 Å². The van der Waals surface area contributed by atoms with E-state index in [9.17, 15) is 9.59 Å². The summed E-state index contributed by atoms with van der Waals surface area (Å²) in [4.78, 5) is 22.4. The first-order chi connectivity index (χ1) is 7.38. The monoisotopic (exact) mass is 228 g/mol. The predicted molar refractivity (Wildman–Crippen MR) is 59.8 cm³/mol. The molecule has 0 aromatic heterocycles. The van der Waals surface area contributed by atoms with Crippen LogP contribution in [0.5, 0.6) is 0 Å². The van der Waals surface area contributed by atoms with E-state index in [0.29, 0.717) is 13.2 Å². The molecule has 1 aliphatic rings. The van der Waals surface area contributed by atoms with Crippen LogP contribution in [0.3, 0.4) is 0 Å². The maximum atomic E-state index is 11.6. The van der Waals surface area contributed by atoms with Gasteiger partial charge in [0.1, 0.15) is 6.04 Å². The van der Waals surface area contributed by atoms with Crippen LogP contribution in [0.15, 0.2) is 0 Å². The van der Waals surface area contributed by atoms with Crippen molar-refractivity contribution in [2.45, 2.75) is 33.2 Å². The van der Waals surface area contributed by atoms with Crippen molar-refractivity contribution in [3.63, 3.8) is 0 Å². The molecular weight excluding hydrogens is 208 g/mol. The molecule has 1 atom stereocenters. The number of carbonyl (C=O) groups is 2. The highest BCUT2D eigenvalue weighted by molar-refractivity contribution is 5.83. The van der Waals surface area contributed by atoms with Crippen molar-refractivity contribution in [1.29, 1.82) is 0 Å². The number of piperazine rings is 1. The summed E-state index contributed by atoms with van der Waals surface area (Å²) in [6.45, 7) is 7.21. The molecule has 0 saturated carbocycles. The predicted octanol–water partition coefficient (Wildman–Crippen LogP) is 0.0538. The SMILES string of the molecule is CC(C)(C)CCOC(=O)C1CNC(=O)CN1. The Morgan fingerprint density at radius 3 is 2.69 bits per heavy atom. The van der Waals surface area contributed by atoms with E-state index in [-0.39, 0.29) is 23.8 Å². The van der Waals surface area contributed by atoms with Crippen molar-refractivity contribution in [3.05, 3.63) is 0 Å². The number of rotatable bonds is 3. The average Bonchev–Trinajstić information content (AvgIpc) is 2.16. The second kappa shape index (κ2) is 5.30. The van der Waals surface area contributed by atoms with Gasteiger partial charge >= 0.3 is 5.97 Å². The molecule has 2 N–H and O–H groups in total. The van der Waals surface area contributed by atoms with E-state index in [2.05, 4.69) is 31.4 Å². The highest BCUT2D eigenvalue weighted by Crippen LogP contribution is 2.17. The van der Waals surface area contributed by atoms with E-state index in [0.717, 1.165) is 6.42 Å². The number of amides is 1. The smallest absolute Gasteiger partial charge is 0.324 e. The third kappa shape index (κ3) is 4.61. The highest BCUT2D eigenvalue weighted by Gasteiger charge is 2.25. The lowest BCUT2D eigenvalue weighted by Gasteiger charge is -2.23. The molecule has 0 aromatic rings. The normalized spacial score (nSPS) is 21.4. The van der Waals surface area contributed by atoms with Crippen molar-refractivity contribution in [1.82, 2.24) is 10.6 Å². The molecule has 1 fully saturated rings. The van der Waals surface area contributed by atoms with Gasteiger partial charge in [-0.3, -0.25) is 14.9 Å². The summed E-state index contributed by atoms with van der Waals surface area (Å²) in [5, 5.41) is 5.45. The van der Waals surface area contributed by atoms with Crippen LogP contribution in [0.1, 0.15) is 27.2 Å². The van der Waals surface area contributed by atoms with Crippen LogP contribution < -0.4 is 10.6 Å². The zero-order valence-corrected chi connectivity index (χ0v) is 10.1. The Kier molecular flexibility index (Phi) is 4.29. The van der Waals surface area contributed by atoms with Crippen molar-refractivity contribution in [2.75, 3.05) is 19.7 Å². The van der Waals surface area contributed by atoms with Gasteiger partial charge in [0, 0.05) is 6.54 Å². The summed E-state index contributed by atoms with van der Waals surface area (Å²) >= 11 is 0. The topological polar surface area (TPSA) is 67.4 Å². The molecule has 0 aromatic carbocycles. The molecule has 1 aliphatic heterocycles. The highest BCUT2D eigenvalue weighted by atomic mass is 16.5. The average molecular weight is 228 g/mol. The molecule has 0 bridgehead atoms. The summed E-state index contributed by atoms with van der Waals surface area (Å²) in [6.07, 6.45) is 0.831. The van der Waals surface area contributed by atoms with Crippen LogP contribution in [0.25, 0.3) is 0 Å². The summed E-state index contributed by atoms with van der Waals surface area (Å²) in [6, 6.07) is -0.405. The van der Waals surface area contributed by atoms with E-state index >= 15 is 0 Å². The lowest BCUT2D eigenvalue weighted by Crippen LogP contribution is -2.55. The minimum Gasteiger partial charge on any atom is -0.464 e. The van der Waals surface area contributed by atoms with Crippen LogP contribution in [0.4, 0.5) is 0 Å². The summed E-state index contributed by atoms with van der Waals surface area (Å²) in [5.74, 6) is -0.372. The van der Waals surface area contributed by atoms with Gasteiger partial charge < -0.3 is 10.1 Å². The van der Waals surface area contributed by atoms with Gasteiger partial charge in [0.05, 0.1) is 13.2 Å². The van der Waals surface area contributed by atoms with Gasteiger partial charge in [0.15, 0.2) is 0 Å². The van der Waals surface area contributed by atoms with Crippen LogP contribution in [0.2, 0.25) is 0 Å². The van der Waals surface area contributed by atoms with Gasteiger partial charge in [-0.05, 0) is 11.8 Å². The minimum atomic E-state index is -0.405. The molecule has 16 heavy (non-hydrogen) atoms. The lowest BCUT2D eigenvalue weighted by molar-refractivity contribution is -0.147. The largest absolute Gasteiger partial charge is 0.464 e. The number of hydrogen-bond acceptors (Lipinski definition) is 4. The molecule has 1 heterocycles. The summed E-state index contributed by atoms with van der Waals surface area (Å²) in [7, 11) is 0. The van der Waals surface area contributed by atoms with Crippen molar-refractivity contribution in [3.8, 4) is 0 Å². The fraction of sp³-hybridized carbons (Fsp3) is 0.818. The van der Waals surface area contributed by atoms with Crippen LogP contribution in [-0.2, 0) is 14.3 Å². The Morgan fingerprint density at radius 1 is 1.50 bits per heavy atom. The number of esters is 1.